The van der Waals surface area contributed by atoms with Crippen molar-refractivity contribution in [3.8, 4) is 0 Å². The zero-order chi connectivity index (χ0) is 24.6. The molecule has 0 N–H and O–H groups in total. The minimum absolute atomic E-state index is 0.284. The van der Waals surface area contributed by atoms with E-state index in [9.17, 15) is 9.59 Å². The lowest BCUT2D eigenvalue weighted by molar-refractivity contribution is -0.111. The zero-order valence-electron chi connectivity index (χ0n) is 21.8. The van der Waals surface area contributed by atoms with Gasteiger partial charge in [0.1, 0.15) is 0 Å². The number of hydrogen-bond donors (Lipinski definition) is 0. The van der Waals surface area contributed by atoms with Crippen LogP contribution in [0.1, 0.15) is 111 Å². The fourth-order valence-electron chi connectivity index (χ4n) is 3.58. The number of carbonyl (C=O) groups excluding carboxylic acids is 2. The normalized spacial score (nSPS) is 11.8. The summed E-state index contributed by atoms with van der Waals surface area (Å²) in [4.78, 5) is 24.0. The first-order valence-electron chi connectivity index (χ1n) is 13.3. The molecule has 0 aromatic heterocycles. The Morgan fingerprint density at radius 2 is 1.00 bits per heavy atom. The first kappa shape index (κ1) is 33.1. The summed E-state index contributed by atoms with van der Waals surface area (Å²) in [6.07, 6.45) is 13.7. The molecule has 5 nitrogen and oxygen atoms in total. The molecule has 0 fully saturated rings. The van der Waals surface area contributed by atoms with Gasteiger partial charge in [-0.1, -0.05) is 75.4 Å². The van der Waals surface area contributed by atoms with Gasteiger partial charge in [-0.2, -0.15) is 0 Å². The largest absolute Gasteiger partial charge is 0.500 e. The Labute approximate surface area is 213 Å². The molecule has 0 rings (SSSR count). The second-order valence-corrected chi connectivity index (χ2v) is 13.2. The van der Waals surface area contributed by atoms with Crippen molar-refractivity contribution < 1.29 is 22.9 Å². The Balaban J connectivity index is 3.66. The topological polar surface area (TPSA) is 61.8 Å². The molecule has 0 radical (unpaired) electrons. The molecule has 0 heterocycles. The van der Waals surface area contributed by atoms with Crippen molar-refractivity contribution in [3.63, 3.8) is 0 Å². The maximum absolute atomic E-state index is 12.1. The molecule has 196 valence electrons. The smallest absolute Gasteiger partial charge is 0.374 e. The minimum atomic E-state index is -2.58. The molecule has 33 heavy (non-hydrogen) atoms. The zero-order valence-corrected chi connectivity index (χ0v) is 24.4. The first-order valence-corrected chi connectivity index (χ1v) is 17.2. The van der Waals surface area contributed by atoms with Crippen molar-refractivity contribution in [1.82, 2.24) is 0 Å². The molecule has 0 aliphatic carbocycles. The number of thioether (sulfide) groups is 2. The van der Waals surface area contributed by atoms with Crippen LogP contribution in [0.2, 0.25) is 6.04 Å². The van der Waals surface area contributed by atoms with E-state index >= 15 is 0 Å². The molecule has 8 heteroatoms. The summed E-state index contributed by atoms with van der Waals surface area (Å²) in [5.74, 6) is 1.74. The third kappa shape index (κ3) is 20.1. The van der Waals surface area contributed by atoms with Crippen LogP contribution in [-0.2, 0) is 22.9 Å². The first-order chi connectivity index (χ1) is 16.0. The monoisotopic (exact) mass is 522 g/mol. The highest BCUT2D eigenvalue weighted by Crippen LogP contribution is 2.21. The summed E-state index contributed by atoms with van der Waals surface area (Å²) in [5.41, 5.74) is 0. The van der Waals surface area contributed by atoms with Gasteiger partial charge in [-0.15, -0.1) is 0 Å². The average Bonchev–Trinajstić information content (AvgIpc) is 2.79. The highest BCUT2D eigenvalue weighted by atomic mass is 32.2. The average molecular weight is 523 g/mol. The third-order valence-electron chi connectivity index (χ3n) is 5.26. The molecule has 0 bridgehead atoms. The standard InChI is InChI=1S/C25H50O5S2Si/c1-5-9-10-12-15-19-24(26)31-21-17-14-11-13-16-20-25(27)32-22-18-23-33(28-6-2,29-7-3)30-8-4/h5-23H2,1-4H3. The van der Waals surface area contributed by atoms with Gasteiger partial charge >= 0.3 is 8.80 Å². The van der Waals surface area contributed by atoms with E-state index in [0.29, 0.717) is 31.4 Å². The van der Waals surface area contributed by atoms with E-state index < -0.39 is 8.80 Å². The quantitative estimate of drug-likeness (QED) is 0.0953. The lowest BCUT2D eigenvalue weighted by atomic mass is 10.1. The minimum Gasteiger partial charge on any atom is -0.374 e. The van der Waals surface area contributed by atoms with E-state index in [1.165, 1.54) is 49.2 Å². The SMILES string of the molecule is CCCCCCCC(=O)SCCCCCCCC(=O)SCCC[Si](OCC)(OCC)OCC. The summed E-state index contributed by atoms with van der Waals surface area (Å²) in [6, 6.07) is 0.766. The Hall–Kier alpha value is 0.137. The van der Waals surface area contributed by atoms with E-state index in [2.05, 4.69) is 6.92 Å². The summed E-state index contributed by atoms with van der Waals surface area (Å²) < 4.78 is 17.6. The highest BCUT2D eigenvalue weighted by Gasteiger charge is 2.39. The van der Waals surface area contributed by atoms with Crippen LogP contribution in [0.5, 0.6) is 0 Å². The summed E-state index contributed by atoms with van der Waals surface area (Å²) in [6.45, 7) is 9.88. The molecule has 0 atom stereocenters. The maximum Gasteiger partial charge on any atom is 0.500 e. The Morgan fingerprint density at radius 1 is 0.576 bits per heavy atom. The van der Waals surface area contributed by atoms with Crippen molar-refractivity contribution in [2.24, 2.45) is 0 Å². The number of carbonyl (C=O) groups is 2. The Kier molecular flexibility index (Phi) is 24.0. The van der Waals surface area contributed by atoms with Gasteiger partial charge in [-0.05, 0) is 46.5 Å². The lowest BCUT2D eigenvalue weighted by Gasteiger charge is -2.28. The Morgan fingerprint density at radius 3 is 1.48 bits per heavy atom. The van der Waals surface area contributed by atoms with Crippen molar-refractivity contribution in [2.45, 2.75) is 117 Å². The summed E-state index contributed by atoms with van der Waals surface area (Å²) >= 11 is 2.94. The van der Waals surface area contributed by atoms with Crippen LogP contribution in [0.3, 0.4) is 0 Å². The molecular weight excluding hydrogens is 472 g/mol. The van der Waals surface area contributed by atoms with Gasteiger partial charge in [0, 0.05) is 50.2 Å². The Bertz CT molecular complexity index is 463. The summed E-state index contributed by atoms with van der Waals surface area (Å²) in [5, 5.41) is 0.643. The van der Waals surface area contributed by atoms with Crippen molar-refractivity contribution >= 4 is 42.6 Å². The van der Waals surface area contributed by atoms with Gasteiger partial charge in [0.2, 0.25) is 0 Å². The van der Waals surface area contributed by atoms with Crippen LogP contribution in [-0.4, -0.2) is 50.4 Å². The van der Waals surface area contributed by atoms with Gasteiger partial charge in [0.15, 0.2) is 10.2 Å². The molecule has 0 unspecified atom stereocenters. The van der Waals surface area contributed by atoms with Crippen molar-refractivity contribution in [2.75, 3.05) is 31.3 Å². The molecule has 0 saturated carbocycles. The lowest BCUT2D eigenvalue weighted by Crippen LogP contribution is -2.46. The van der Waals surface area contributed by atoms with Gasteiger partial charge < -0.3 is 13.3 Å². The van der Waals surface area contributed by atoms with Gasteiger partial charge in [0.25, 0.3) is 0 Å². The van der Waals surface area contributed by atoms with Crippen LogP contribution < -0.4 is 0 Å². The fourth-order valence-corrected chi connectivity index (χ4v) is 8.12. The molecule has 0 spiro atoms. The number of rotatable bonds is 24. The third-order valence-corrected chi connectivity index (χ3v) is 10.4. The predicted octanol–water partition coefficient (Wildman–Crippen LogP) is 7.65. The van der Waals surface area contributed by atoms with Gasteiger partial charge in [-0.3, -0.25) is 9.59 Å². The van der Waals surface area contributed by atoms with Gasteiger partial charge in [-0.25, -0.2) is 0 Å². The van der Waals surface area contributed by atoms with Crippen molar-refractivity contribution in [3.05, 3.63) is 0 Å². The molecule has 0 aromatic rings. The van der Waals surface area contributed by atoms with Gasteiger partial charge in [0.05, 0.1) is 0 Å². The van der Waals surface area contributed by atoms with Crippen LogP contribution in [0.4, 0.5) is 0 Å². The molecule has 0 aliphatic heterocycles. The second-order valence-electron chi connectivity index (χ2n) is 8.21. The maximum atomic E-state index is 12.1. The predicted molar refractivity (Wildman–Crippen MR) is 146 cm³/mol. The van der Waals surface area contributed by atoms with Crippen LogP contribution in [0.15, 0.2) is 0 Å². The molecule has 0 aromatic carbocycles. The molecule has 0 saturated heterocycles. The number of unbranched alkanes of at least 4 members (excludes halogenated alkanes) is 8. The van der Waals surface area contributed by atoms with E-state index in [0.717, 1.165) is 68.9 Å². The van der Waals surface area contributed by atoms with Crippen molar-refractivity contribution in [1.29, 1.82) is 0 Å². The fraction of sp³-hybridized carbons (Fsp3) is 0.920. The van der Waals surface area contributed by atoms with Crippen LogP contribution in [0.25, 0.3) is 0 Å². The van der Waals surface area contributed by atoms with E-state index in [-0.39, 0.29) is 5.12 Å². The van der Waals surface area contributed by atoms with Crippen LogP contribution >= 0.6 is 23.5 Å². The summed E-state index contributed by atoms with van der Waals surface area (Å²) in [7, 11) is -2.58. The van der Waals surface area contributed by atoms with E-state index in [1.54, 1.807) is 0 Å². The molecular formula is C25H50O5S2Si. The second kappa shape index (κ2) is 23.9. The van der Waals surface area contributed by atoms with Crippen LogP contribution in [0, 0.1) is 0 Å². The highest BCUT2D eigenvalue weighted by molar-refractivity contribution is 8.13. The molecule has 0 aliphatic rings. The van der Waals surface area contributed by atoms with E-state index in [1.807, 2.05) is 20.8 Å². The number of hydrogen-bond acceptors (Lipinski definition) is 7. The van der Waals surface area contributed by atoms with E-state index in [4.69, 9.17) is 13.3 Å². The molecule has 0 amide bonds.